The maximum atomic E-state index is 9.09. The SMILES string of the molecule is CCC(C)NC(C#N)C1CC=CCC1. The van der Waals surface area contributed by atoms with Gasteiger partial charge in [0.1, 0.15) is 0 Å². The zero-order valence-corrected chi connectivity index (χ0v) is 9.16. The summed E-state index contributed by atoms with van der Waals surface area (Å²) >= 11 is 0. The van der Waals surface area contributed by atoms with Crippen molar-refractivity contribution in [1.82, 2.24) is 5.32 Å². The maximum absolute atomic E-state index is 9.09. The van der Waals surface area contributed by atoms with Crippen molar-refractivity contribution in [2.75, 3.05) is 0 Å². The number of rotatable bonds is 4. The van der Waals surface area contributed by atoms with E-state index in [2.05, 4.69) is 37.4 Å². The first kappa shape index (κ1) is 11.3. The van der Waals surface area contributed by atoms with Crippen LogP contribution in [-0.4, -0.2) is 12.1 Å². The van der Waals surface area contributed by atoms with Gasteiger partial charge in [0.25, 0.3) is 0 Å². The van der Waals surface area contributed by atoms with Gasteiger partial charge in [-0.15, -0.1) is 0 Å². The zero-order chi connectivity index (χ0) is 10.4. The number of hydrogen-bond donors (Lipinski definition) is 1. The Bertz CT molecular complexity index is 227. The lowest BCUT2D eigenvalue weighted by Crippen LogP contribution is -2.40. The minimum absolute atomic E-state index is 0.0369. The molecule has 78 valence electrons. The van der Waals surface area contributed by atoms with Crippen LogP contribution in [0.3, 0.4) is 0 Å². The van der Waals surface area contributed by atoms with Gasteiger partial charge in [-0.2, -0.15) is 5.26 Å². The second-order valence-corrected chi connectivity index (χ2v) is 4.13. The van der Waals surface area contributed by atoms with E-state index in [-0.39, 0.29) is 6.04 Å². The molecule has 0 saturated heterocycles. The van der Waals surface area contributed by atoms with E-state index in [1.807, 2.05) is 0 Å². The minimum Gasteiger partial charge on any atom is -0.299 e. The first-order chi connectivity index (χ1) is 6.77. The van der Waals surface area contributed by atoms with Gasteiger partial charge in [0.2, 0.25) is 0 Å². The molecular formula is C12H20N2. The van der Waals surface area contributed by atoms with E-state index in [0.29, 0.717) is 12.0 Å². The first-order valence-electron chi connectivity index (χ1n) is 5.58. The molecule has 0 aromatic heterocycles. The van der Waals surface area contributed by atoms with Crippen molar-refractivity contribution in [1.29, 1.82) is 5.26 Å². The van der Waals surface area contributed by atoms with Gasteiger partial charge in [0, 0.05) is 6.04 Å². The predicted molar refractivity (Wildman–Crippen MR) is 58.8 cm³/mol. The molecule has 0 bridgehead atoms. The highest BCUT2D eigenvalue weighted by atomic mass is 14.9. The lowest BCUT2D eigenvalue weighted by molar-refractivity contribution is 0.352. The summed E-state index contributed by atoms with van der Waals surface area (Å²) in [6, 6.07) is 2.88. The Hall–Kier alpha value is -0.810. The summed E-state index contributed by atoms with van der Waals surface area (Å²) < 4.78 is 0. The molecular weight excluding hydrogens is 172 g/mol. The molecule has 3 unspecified atom stereocenters. The van der Waals surface area contributed by atoms with Gasteiger partial charge < -0.3 is 0 Å². The molecule has 0 aromatic carbocycles. The van der Waals surface area contributed by atoms with Crippen molar-refractivity contribution >= 4 is 0 Å². The molecule has 1 aliphatic carbocycles. The number of hydrogen-bond acceptors (Lipinski definition) is 2. The molecule has 0 aromatic rings. The fourth-order valence-corrected chi connectivity index (χ4v) is 1.82. The molecule has 1 aliphatic rings. The normalized spacial score (nSPS) is 25.4. The van der Waals surface area contributed by atoms with E-state index in [1.54, 1.807) is 0 Å². The Kier molecular flexibility index (Phi) is 4.69. The summed E-state index contributed by atoms with van der Waals surface area (Å²) in [7, 11) is 0. The Labute approximate surface area is 87.0 Å². The van der Waals surface area contributed by atoms with Crippen molar-refractivity contribution in [2.24, 2.45) is 5.92 Å². The monoisotopic (exact) mass is 192 g/mol. The van der Waals surface area contributed by atoms with Crippen molar-refractivity contribution in [2.45, 2.75) is 51.6 Å². The summed E-state index contributed by atoms with van der Waals surface area (Å²) in [5, 5.41) is 12.5. The van der Waals surface area contributed by atoms with Gasteiger partial charge in [-0.1, -0.05) is 19.1 Å². The first-order valence-corrected chi connectivity index (χ1v) is 5.58. The van der Waals surface area contributed by atoms with Crippen LogP contribution in [0.5, 0.6) is 0 Å². The molecule has 0 fully saturated rings. The van der Waals surface area contributed by atoms with Crippen LogP contribution in [0.2, 0.25) is 0 Å². The van der Waals surface area contributed by atoms with Crippen LogP contribution >= 0.6 is 0 Å². The molecule has 1 rings (SSSR count). The molecule has 0 heterocycles. The molecule has 0 radical (unpaired) electrons. The Morgan fingerprint density at radius 3 is 2.86 bits per heavy atom. The molecule has 2 nitrogen and oxygen atoms in total. The van der Waals surface area contributed by atoms with E-state index in [9.17, 15) is 0 Å². The highest BCUT2D eigenvalue weighted by Crippen LogP contribution is 2.21. The number of allylic oxidation sites excluding steroid dienone is 2. The minimum atomic E-state index is 0.0369. The summed E-state index contributed by atoms with van der Waals surface area (Å²) in [6.45, 7) is 4.29. The number of nitrogens with zero attached hydrogens (tertiary/aromatic N) is 1. The molecule has 0 saturated carbocycles. The average Bonchev–Trinajstić information content (AvgIpc) is 2.26. The zero-order valence-electron chi connectivity index (χ0n) is 9.16. The Morgan fingerprint density at radius 1 is 1.57 bits per heavy atom. The van der Waals surface area contributed by atoms with Gasteiger partial charge in [0.05, 0.1) is 12.1 Å². The molecule has 0 spiro atoms. The largest absolute Gasteiger partial charge is 0.299 e. The van der Waals surface area contributed by atoms with E-state index >= 15 is 0 Å². The summed E-state index contributed by atoms with van der Waals surface area (Å²) in [4.78, 5) is 0. The van der Waals surface area contributed by atoms with Gasteiger partial charge in [-0.3, -0.25) is 5.32 Å². The molecule has 14 heavy (non-hydrogen) atoms. The smallest absolute Gasteiger partial charge is 0.0986 e. The van der Waals surface area contributed by atoms with E-state index < -0.39 is 0 Å². The van der Waals surface area contributed by atoms with Crippen LogP contribution in [0.4, 0.5) is 0 Å². The van der Waals surface area contributed by atoms with Crippen molar-refractivity contribution in [3.63, 3.8) is 0 Å². The van der Waals surface area contributed by atoms with Gasteiger partial charge >= 0.3 is 0 Å². The summed E-state index contributed by atoms with van der Waals surface area (Å²) in [5.74, 6) is 0.513. The maximum Gasteiger partial charge on any atom is 0.0986 e. The standard InChI is InChI=1S/C12H20N2/c1-3-10(2)14-12(9-13)11-7-5-4-6-8-11/h4-5,10-12,14H,3,6-8H2,1-2H3. The van der Waals surface area contributed by atoms with Gasteiger partial charge in [-0.25, -0.2) is 0 Å². The molecule has 0 amide bonds. The number of nitriles is 1. The average molecular weight is 192 g/mol. The fourth-order valence-electron chi connectivity index (χ4n) is 1.82. The van der Waals surface area contributed by atoms with E-state index in [1.165, 1.54) is 0 Å². The van der Waals surface area contributed by atoms with Crippen molar-refractivity contribution < 1.29 is 0 Å². The van der Waals surface area contributed by atoms with E-state index in [4.69, 9.17) is 5.26 Å². The van der Waals surface area contributed by atoms with E-state index in [0.717, 1.165) is 25.7 Å². The van der Waals surface area contributed by atoms with Crippen LogP contribution < -0.4 is 5.32 Å². The number of nitrogens with one attached hydrogen (secondary N) is 1. The summed E-state index contributed by atoms with van der Waals surface area (Å²) in [5.41, 5.74) is 0. The lowest BCUT2D eigenvalue weighted by atomic mass is 9.88. The second kappa shape index (κ2) is 5.82. The third-order valence-corrected chi connectivity index (χ3v) is 3.00. The van der Waals surface area contributed by atoms with Crippen LogP contribution in [0, 0.1) is 17.2 Å². The third kappa shape index (κ3) is 3.16. The third-order valence-electron chi connectivity index (χ3n) is 3.00. The van der Waals surface area contributed by atoms with Crippen LogP contribution in [-0.2, 0) is 0 Å². The quantitative estimate of drug-likeness (QED) is 0.695. The molecule has 3 atom stereocenters. The van der Waals surface area contributed by atoms with Crippen molar-refractivity contribution in [3.05, 3.63) is 12.2 Å². The van der Waals surface area contributed by atoms with Crippen LogP contribution in [0.1, 0.15) is 39.5 Å². The fraction of sp³-hybridized carbons (Fsp3) is 0.750. The topological polar surface area (TPSA) is 35.8 Å². The van der Waals surface area contributed by atoms with Crippen molar-refractivity contribution in [3.8, 4) is 6.07 Å². The molecule has 1 N–H and O–H groups in total. The Morgan fingerprint density at radius 2 is 2.36 bits per heavy atom. The van der Waals surface area contributed by atoms with Gasteiger partial charge in [-0.05, 0) is 38.5 Å². The Balaban J connectivity index is 2.45. The van der Waals surface area contributed by atoms with Gasteiger partial charge in [0.15, 0.2) is 0 Å². The molecule has 2 heteroatoms. The second-order valence-electron chi connectivity index (χ2n) is 4.13. The predicted octanol–water partition coefficient (Wildman–Crippen LogP) is 2.62. The van der Waals surface area contributed by atoms with Crippen LogP contribution in [0.25, 0.3) is 0 Å². The highest BCUT2D eigenvalue weighted by Gasteiger charge is 2.22. The van der Waals surface area contributed by atoms with Crippen LogP contribution in [0.15, 0.2) is 12.2 Å². The summed E-state index contributed by atoms with van der Waals surface area (Å²) in [6.07, 6.45) is 8.84. The molecule has 0 aliphatic heterocycles. The lowest BCUT2D eigenvalue weighted by Gasteiger charge is -2.26. The highest BCUT2D eigenvalue weighted by molar-refractivity contribution is 5.02.